The van der Waals surface area contributed by atoms with Gasteiger partial charge in [-0.05, 0) is 24.7 Å². The summed E-state index contributed by atoms with van der Waals surface area (Å²) in [7, 11) is 1.54. The van der Waals surface area contributed by atoms with E-state index in [0.717, 1.165) is 25.9 Å². The maximum Gasteiger partial charge on any atom is 0.253 e. The minimum absolute atomic E-state index is 0.0442. The van der Waals surface area contributed by atoms with Crippen LogP contribution < -0.4 is 5.73 Å². The first-order chi connectivity index (χ1) is 7.50. The zero-order valence-corrected chi connectivity index (χ0v) is 10.7. The third-order valence-corrected chi connectivity index (χ3v) is 3.43. The molecular weight excluding hydrogens is 204 g/mol. The Kier molecular flexibility index (Phi) is 4.74. The summed E-state index contributed by atoms with van der Waals surface area (Å²) < 4.78 is 5.09. The summed E-state index contributed by atoms with van der Waals surface area (Å²) in [4.78, 5) is 13.9. The lowest BCUT2D eigenvalue weighted by atomic mass is 9.85. The third-order valence-electron chi connectivity index (χ3n) is 3.43. The molecule has 94 valence electrons. The molecule has 1 rings (SSSR count). The standard InChI is InChI=1S/C12H24N2O2/c1-12(2)5-4-7-14(8-6-12)11(15)10(9-13)16-3/h10H,4-9,13H2,1-3H3. The Bertz CT molecular complexity index is 237. The van der Waals surface area contributed by atoms with Gasteiger partial charge in [0.15, 0.2) is 0 Å². The summed E-state index contributed by atoms with van der Waals surface area (Å²) in [5, 5.41) is 0. The smallest absolute Gasteiger partial charge is 0.253 e. The molecule has 1 aliphatic rings. The number of nitrogens with two attached hydrogens (primary N) is 1. The average molecular weight is 228 g/mol. The van der Waals surface area contributed by atoms with E-state index in [9.17, 15) is 4.79 Å². The SMILES string of the molecule is COC(CN)C(=O)N1CCCC(C)(C)CC1. The van der Waals surface area contributed by atoms with Crippen molar-refractivity contribution < 1.29 is 9.53 Å². The predicted octanol–water partition coefficient (Wildman–Crippen LogP) is 0.999. The molecule has 2 N–H and O–H groups in total. The van der Waals surface area contributed by atoms with Gasteiger partial charge >= 0.3 is 0 Å². The fraction of sp³-hybridized carbons (Fsp3) is 0.917. The number of carbonyl (C=O) groups excluding carboxylic acids is 1. The van der Waals surface area contributed by atoms with E-state index in [1.165, 1.54) is 13.5 Å². The minimum atomic E-state index is -0.471. The molecule has 1 fully saturated rings. The van der Waals surface area contributed by atoms with Gasteiger partial charge < -0.3 is 15.4 Å². The molecule has 1 atom stereocenters. The summed E-state index contributed by atoms with van der Waals surface area (Å²) in [5.74, 6) is 0.0442. The van der Waals surface area contributed by atoms with Crippen LogP contribution in [0, 0.1) is 5.41 Å². The first kappa shape index (κ1) is 13.5. The van der Waals surface area contributed by atoms with Crippen LogP contribution in [-0.2, 0) is 9.53 Å². The van der Waals surface area contributed by atoms with E-state index in [-0.39, 0.29) is 12.5 Å². The first-order valence-electron chi connectivity index (χ1n) is 6.02. The van der Waals surface area contributed by atoms with Gasteiger partial charge in [-0.1, -0.05) is 13.8 Å². The Balaban J connectivity index is 2.57. The lowest BCUT2D eigenvalue weighted by Crippen LogP contribution is -2.44. The van der Waals surface area contributed by atoms with Crippen LogP contribution >= 0.6 is 0 Å². The zero-order valence-electron chi connectivity index (χ0n) is 10.7. The molecule has 1 amide bonds. The van der Waals surface area contributed by atoms with Crippen molar-refractivity contribution in [1.82, 2.24) is 4.90 Å². The van der Waals surface area contributed by atoms with Crippen LogP contribution in [0.3, 0.4) is 0 Å². The predicted molar refractivity (Wildman–Crippen MR) is 64.1 cm³/mol. The second-order valence-electron chi connectivity index (χ2n) is 5.30. The van der Waals surface area contributed by atoms with E-state index in [1.807, 2.05) is 4.90 Å². The molecule has 0 bridgehead atoms. The van der Waals surface area contributed by atoms with Gasteiger partial charge in [0.05, 0.1) is 0 Å². The number of rotatable bonds is 3. The third kappa shape index (κ3) is 3.46. The van der Waals surface area contributed by atoms with Crippen molar-refractivity contribution in [2.45, 2.75) is 39.2 Å². The molecule has 0 aromatic rings. The Morgan fingerprint density at radius 1 is 1.44 bits per heavy atom. The van der Waals surface area contributed by atoms with Crippen LogP contribution in [0.25, 0.3) is 0 Å². The molecule has 4 heteroatoms. The first-order valence-corrected chi connectivity index (χ1v) is 6.02. The maximum absolute atomic E-state index is 12.0. The molecule has 16 heavy (non-hydrogen) atoms. The maximum atomic E-state index is 12.0. The second-order valence-corrected chi connectivity index (χ2v) is 5.30. The highest BCUT2D eigenvalue weighted by atomic mass is 16.5. The number of amides is 1. The number of hydrogen-bond acceptors (Lipinski definition) is 3. The van der Waals surface area contributed by atoms with Crippen LogP contribution in [0.5, 0.6) is 0 Å². The largest absolute Gasteiger partial charge is 0.370 e. The molecule has 0 radical (unpaired) electrons. The number of nitrogens with zero attached hydrogens (tertiary/aromatic N) is 1. The van der Waals surface area contributed by atoms with Crippen molar-refractivity contribution in [3.63, 3.8) is 0 Å². The summed E-state index contributed by atoms with van der Waals surface area (Å²) in [6, 6.07) is 0. The van der Waals surface area contributed by atoms with Gasteiger partial charge in [0.2, 0.25) is 0 Å². The highest BCUT2D eigenvalue weighted by Gasteiger charge is 2.28. The average Bonchev–Trinajstić information content (AvgIpc) is 2.41. The molecule has 1 aliphatic heterocycles. The summed E-state index contributed by atoms with van der Waals surface area (Å²) in [5.41, 5.74) is 5.86. The highest BCUT2D eigenvalue weighted by molar-refractivity contribution is 5.81. The fourth-order valence-electron chi connectivity index (χ4n) is 2.14. The van der Waals surface area contributed by atoms with Gasteiger partial charge in [-0.15, -0.1) is 0 Å². The van der Waals surface area contributed by atoms with Gasteiger partial charge in [0.25, 0.3) is 5.91 Å². The van der Waals surface area contributed by atoms with Crippen molar-refractivity contribution in [3.8, 4) is 0 Å². The molecule has 0 aromatic carbocycles. The van der Waals surface area contributed by atoms with Crippen molar-refractivity contribution in [3.05, 3.63) is 0 Å². The Labute approximate surface area is 98.1 Å². The zero-order chi connectivity index (χ0) is 12.2. The number of hydrogen-bond donors (Lipinski definition) is 1. The quantitative estimate of drug-likeness (QED) is 0.784. The molecule has 4 nitrogen and oxygen atoms in total. The van der Waals surface area contributed by atoms with E-state index in [1.54, 1.807) is 0 Å². The van der Waals surface area contributed by atoms with E-state index in [2.05, 4.69) is 13.8 Å². The van der Waals surface area contributed by atoms with Crippen molar-refractivity contribution in [2.75, 3.05) is 26.7 Å². The normalized spacial score (nSPS) is 22.6. The van der Waals surface area contributed by atoms with Crippen molar-refractivity contribution in [1.29, 1.82) is 0 Å². The van der Waals surface area contributed by atoms with Gasteiger partial charge in [-0.2, -0.15) is 0 Å². The van der Waals surface area contributed by atoms with E-state index in [0.29, 0.717) is 5.41 Å². The lowest BCUT2D eigenvalue weighted by molar-refractivity contribution is -0.141. The molecule has 1 unspecified atom stereocenters. The molecule has 0 aromatic heterocycles. The minimum Gasteiger partial charge on any atom is -0.370 e. The van der Waals surface area contributed by atoms with Crippen molar-refractivity contribution >= 4 is 5.91 Å². The van der Waals surface area contributed by atoms with Crippen LogP contribution in [-0.4, -0.2) is 43.7 Å². The van der Waals surface area contributed by atoms with Crippen LogP contribution in [0.2, 0.25) is 0 Å². The van der Waals surface area contributed by atoms with E-state index >= 15 is 0 Å². The summed E-state index contributed by atoms with van der Waals surface area (Å²) in [6.45, 7) is 6.44. The molecule has 0 spiro atoms. The van der Waals surface area contributed by atoms with Crippen molar-refractivity contribution in [2.24, 2.45) is 11.1 Å². The van der Waals surface area contributed by atoms with Gasteiger partial charge in [-0.25, -0.2) is 0 Å². The second kappa shape index (κ2) is 5.64. The molecule has 0 aliphatic carbocycles. The van der Waals surface area contributed by atoms with Gasteiger partial charge in [0.1, 0.15) is 6.10 Å². The van der Waals surface area contributed by atoms with Crippen LogP contribution in [0.4, 0.5) is 0 Å². The van der Waals surface area contributed by atoms with E-state index in [4.69, 9.17) is 10.5 Å². The fourth-order valence-corrected chi connectivity index (χ4v) is 2.14. The summed E-state index contributed by atoms with van der Waals surface area (Å²) in [6.07, 6.45) is 2.83. The number of carbonyl (C=O) groups is 1. The van der Waals surface area contributed by atoms with Gasteiger partial charge in [0, 0.05) is 26.7 Å². The molecule has 1 heterocycles. The monoisotopic (exact) mass is 228 g/mol. The molecular formula is C12H24N2O2. The number of likely N-dealkylation sites (tertiary alicyclic amines) is 1. The Morgan fingerprint density at radius 2 is 2.12 bits per heavy atom. The Morgan fingerprint density at radius 3 is 2.69 bits per heavy atom. The Hall–Kier alpha value is -0.610. The van der Waals surface area contributed by atoms with Crippen LogP contribution in [0.1, 0.15) is 33.1 Å². The molecule has 0 saturated carbocycles. The highest BCUT2D eigenvalue weighted by Crippen LogP contribution is 2.29. The van der Waals surface area contributed by atoms with E-state index < -0.39 is 6.10 Å². The van der Waals surface area contributed by atoms with Gasteiger partial charge in [-0.3, -0.25) is 4.79 Å². The van der Waals surface area contributed by atoms with Crippen LogP contribution in [0.15, 0.2) is 0 Å². The lowest BCUT2D eigenvalue weighted by Gasteiger charge is -2.26. The number of ether oxygens (including phenoxy) is 1. The molecule has 1 saturated heterocycles. The summed E-state index contributed by atoms with van der Waals surface area (Å²) >= 11 is 0. The topological polar surface area (TPSA) is 55.6 Å². The number of methoxy groups -OCH3 is 1.